The average molecular weight is 299 g/mol. The number of carbonyl (C=O) groups excluding carboxylic acids is 1. The van der Waals surface area contributed by atoms with Gasteiger partial charge in [-0.15, -0.1) is 11.3 Å². The zero-order chi connectivity index (χ0) is 13.3. The maximum Gasteiger partial charge on any atom is 0.175 e. The Balaban J connectivity index is 2.42. The van der Waals surface area contributed by atoms with Crippen molar-refractivity contribution in [3.63, 3.8) is 0 Å². The summed E-state index contributed by atoms with van der Waals surface area (Å²) in [7, 11) is 0. The lowest BCUT2D eigenvalue weighted by Gasteiger charge is -2.23. The van der Waals surface area contributed by atoms with Crippen LogP contribution in [0.3, 0.4) is 0 Å². The molecule has 0 spiro atoms. The molecule has 1 aromatic carbocycles. The van der Waals surface area contributed by atoms with Crippen LogP contribution in [0.4, 0.5) is 0 Å². The summed E-state index contributed by atoms with van der Waals surface area (Å²) < 4.78 is 0.987. The van der Waals surface area contributed by atoms with E-state index >= 15 is 0 Å². The largest absolute Gasteiger partial charge is 0.293 e. The molecule has 4 heteroatoms. The third-order valence-electron chi connectivity index (χ3n) is 2.96. The molecule has 0 aliphatic heterocycles. The molecule has 0 fully saturated rings. The minimum absolute atomic E-state index is 0.0122. The molecule has 0 N–H and O–H groups in total. The molecule has 94 valence electrons. The van der Waals surface area contributed by atoms with Gasteiger partial charge >= 0.3 is 0 Å². The van der Waals surface area contributed by atoms with Crippen molar-refractivity contribution in [3.8, 4) is 0 Å². The summed E-state index contributed by atoms with van der Waals surface area (Å²) in [6, 6.07) is 11.3. The fraction of sp³-hybridized carbons (Fsp3) is 0.214. The predicted molar refractivity (Wildman–Crippen MR) is 78.1 cm³/mol. The average Bonchev–Trinajstić information content (AvgIpc) is 2.68. The SMILES string of the molecule is CC(C)(C(=O)c1cc(Cl)sc1Cl)c1ccccc1. The second kappa shape index (κ2) is 5.04. The van der Waals surface area contributed by atoms with Crippen LogP contribution in [0, 0.1) is 0 Å². The summed E-state index contributed by atoms with van der Waals surface area (Å²) in [5.74, 6) is -0.0122. The smallest absolute Gasteiger partial charge is 0.175 e. The molecule has 0 aliphatic rings. The van der Waals surface area contributed by atoms with Gasteiger partial charge in [-0.3, -0.25) is 4.79 Å². The maximum atomic E-state index is 12.6. The third-order valence-corrected chi connectivity index (χ3v) is 4.45. The minimum atomic E-state index is -0.616. The predicted octanol–water partition coefficient (Wildman–Crippen LogP) is 5.22. The number of carbonyl (C=O) groups is 1. The zero-order valence-corrected chi connectivity index (χ0v) is 12.4. The van der Waals surface area contributed by atoms with Crippen molar-refractivity contribution in [2.45, 2.75) is 19.3 Å². The number of ketones is 1. The van der Waals surface area contributed by atoms with E-state index < -0.39 is 5.41 Å². The van der Waals surface area contributed by atoms with E-state index in [0.29, 0.717) is 14.2 Å². The number of rotatable bonds is 3. The standard InChI is InChI=1S/C14H12Cl2OS/c1-14(2,9-6-4-3-5-7-9)12(17)10-8-11(15)18-13(10)16/h3-8H,1-2H3. The van der Waals surface area contributed by atoms with Gasteiger partial charge in [-0.05, 0) is 25.5 Å². The van der Waals surface area contributed by atoms with Crippen molar-refractivity contribution >= 4 is 40.3 Å². The van der Waals surface area contributed by atoms with Crippen molar-refractivity contribution in [2.75, 3.05) is 0 Å². The van der Waals surface area contributed by atoms with Crippen molar-refractivity contribution in [1.29, 1.82) is 0 Å². The highest BCUT2D eigenvalue weighted by Crippen LogP contribution is 2.36. The molecule has 0 atom stereocenters. The Labute approximate surface area is 120 Å². The van der Waals surface area contributed by atoms with Crippen LogP contribution in [0.15, 0.2) is 36.4 Å². The van der Waals surface area contributed by atoms with Crippen LogP contribution in [0.2, 0.25) is 8.67 Å². The van der Waals surface area contributed by atoms with Crippen LogP contribution < -0.4 is 0 Å². The fourth-order valence-corrected chi connectivity index (χ4v) is 3.28. The molecule has 2 aromatic rings. The lowest BCUT2D eigenvalue weighted by molar-refractivity contribution is 0.0909. The number of hydrogen-bond acceptors (Lipinski definition) is 2. The van der Waals surface area contributed by atoms with Crippen molar-refractivity contribution < 1.29 is 4.79 Å². The summed E-state index contributed by atoms with van der Waals surface area (Å²) in [5.41, 5.74) is 0.851. The molecule has 1 heterocycles. The van der Waals surface area contributed by atoms with E-state index in [1.54, 1.807) is 6.07 Å². The Morgan fingerprint density at radius 2 is 1.78 bits per heavy atom. The molecule has 1 aromatic heterocycles. The first-order chi connectivity index (χ1) is 8.43. The first kappa shape index (κ1) is 13.6. The van der Waals surface area contributed by atoms with Crippen LogP contribution in [0.25, 0.3) is 0 Å². The van der Waals surface area contributed by atoms with Gasteiger partial charge in [-0.25, -0.2) is 0 Å². The Kier molecular flexibility index (Phi) is 3.81. The zero-order valence-electron chi connectivity index (χ0n) is 10.0. The van der Waals surface area contributed by atoms with E-state index in [2.05, 4.69) is 0 Å². The van der Waals surface area contributed by atoms with Gasteiger partial charge in [0.1, 0.15) is 4.34 Å². The highest BCUT2D eigenvalue weighted by molar-refractivity contribution is 7.20. The molecule has 0 saturated heterocycles. The van der Waals surface area contributed by atoms with E-state index in [1.165, 1.54) is 11.3 Å². The third kappa shape index (κ3) is 2.46. The van der Waals surface area contributed by atoms with Crippen LogP contribution in [0.5, 0.6) is 0 Å². The number of thiophene rings is 1. The molecule has 0 radical (unpaired) electrons. The van der Waals surface area contributed by atoms with Crippen LogP contribution in [0.1, 0.15) is 29.8 Å². The van der Waals surface area contributed by atoms with Crippen LogP contribution in [-0.4, -0.2) is 5.78 Å². The topological polar surface area (TPSA) is 17.1 Å². The normalized spacial score (nSPS) is 11.6. The van der Waals surface area contributed by atoms with Gasteiger partial charge in [0.05, 0.1) is 9.75 Å². The van der Waals surface area contributed by atoms with Crippen molar-refractivity contribution in [3.05, 3.63) is 56.2 Å². The van der Waals surface area contributed by atoms with E-state index in [4.69, 9.17) is 23.2 Å². The number of Topliss-reactive ketones (excluding diaryl/α,β-unsaturated/α-hetero) is 1. The van der Waals surface area contributed by atoms with Crippen molar-refractivity contribution in [2.24, 2.45) is 0 Å². The van der Waals surface area contributed by atoms with Crippen LogP contribution >= 0.6 is 34.5 Å². The van der Waals surface area contributed by atoms with Gasteiger partial charge in [-0.1, -0.05) is 53.5 Å². The van der Waals surface area contributed by atoms with Gasteiger partial charge < -0.3 is 0 Å². The number of hydrogen-bond donors (Lipinski definition) is 0. The highest BCUT2D eigenvalue weighted by Gasteiger charge is 2.32. The van der Waals surface area contributed by atoms with Gasteiger partial charge in [0.2, 0.25) is 0 Å². The number of halogens is 2. The molecule has 0 unspecified atom stereocenters. The molecule has 1 nitrogen and oxygen atoms in total. The maximum absolute atomic E-state index is 12.6. The summed E-state index contributed by atoms with van der Waals surface area (Å²) in [5, 5.41) is 0. The first-order valence-electron chi connectivity index (χ1n) is 5.48. The second-order valence-electron chi connectivity index (χ2n) is 4.56. The monoisotopic (exact) mass is 298 g/mol. The molecule has 0 aliphatic carbocycles. The molecule has 0 amide bonds. The van der Waals surface area contributed by atoms with Crippen LogP contribution in [-0.2, 0) is 5.41 Å². The molecular weight excluding hydrogens is 287 g/mol. The Hall–Kier alpha value is -0.830. The van der Waals surface area contributed by atoms with Crippen molar-refractivity contribution in [1.82, 2.24) is 0 Å². The van der Waals surface area contributed by atoms with Gasteiger partial charge in [-0.2, -0.15) is 0 Å². The second-order valence-corrected chi connectivity index (χ2v) is 6.84. The van der Waals surface area contributed by atoms with E-state index in [0.717, 1.165) is 5.56 Å². The van der Waals surface area contributed by atoms with E-state index in [-0.39, 0.29) is 5.78 Å². The summed E-state index contributed by atoms with van der Waals surface area (Å²) in [6.07, 6.45) is 0. The highest BCUT2D eigenvalue weighted by atomic mass is 35.5. The molecule has 0 saturated carbocycles. The summed E-state index contributed by atoms with van der Waals surface area (Å²) in [4.78, 5) is 12.6. The Bertz CT molecular complexity index is 573. The van der Waals surface area contributed by atoms with Gasteiger partial charge in [0, 0.05) is 5.56 Å². The summed E-state index contributed by atoms with van der Waals surface area (Å²) in [6.45, 7) is 3.79. The summed E-state index contributed by atoms with van der Waals surface area (Å²) >= 11 is 13.2. The fourth-order valence-electron chi connectivity index (χ4n) is 1.82. The number of benzene rings is 1. The first-order valence-corrected chi connectivity index (χ1v) is 7.05. The molecule has 2 rings (SSSR count). The van der Waals surface area contributed by atoms with E-state index in [9.17, 15) is 4.79 Å². The lowest BCUT2D eigenvalue weighted by Crippen LogP contribution is -2.28. The lowest BCUT2D eigenvalue weighted by atomic mass is 9.78. The molecule has 18 heavy (non-hydrogen) atoms. The van der Waals surface area contributed by atoms with Gasteiger partial charge in [0.15, 0.2) is 5.78 Å². The Morgan fingerprint density at radius 3 is 2.28 bits per heavy atom. The quantitative estimate of drug-likeness (QED) is 0.710. The van der Waals surface area contributed by atoms with E-state index in [1.807, 2.05) is 44.2 Å². The minimum Gasteiger partial charge on any atom is -0.293 e. The Morgan fingerprint density at radius 1 is 1.17 bits per heavy atom. The van der Waals surface area contributed by atoms with Gasteiger partial charge in [0.25, 0.3) is 0 Å². The molecule has 0 bridgehead atoms. The molecular formula is C14H12Cl2OS.